The summed E-state index contributed by atoms with van der Waals surface area (Å²) in [7, 11) is 1.66. The Kier molecular flexibility index (Phi) is 6.18. The fourth-order valence-electron chi connectivity index (χ4n) is 2.45. The molecular formula is C19H24N2O2. The van der Waals surface area contributed by atoms with Gasteiger partial charge in [0.05, 0.1) is 13.2 Å². The first kappa shape index (κ1) is 17.0. The minimum atomic E-state index is -0.170. The highest BCUT2D eigenvalue weighted by Crippen LogP contribution is 2.12. The SMILES string of the molecule is CCC(NCCc1ccc(OC)cc1)C(=O)c1ccc(N)cc1. The molecule has 2 aromatic rings. The molecular weight excluding hydrogens is 288 g/mol. The Morgan fingerprint density at radius 1 is 1.13 bits per heavy atom. The molecule has 1 unspecified atom stereocenters. The van der Waals surface area contributed by atoms with E-state index < -0.39 is 0 Å². The third kappa shape index (κ3) is 4.83. The fourth-order valence-corrected chi connectivity index (χ4v) is 2.45. The molecule has 0 spiro atoms. The number of rotatable bonds is 8. The van der Waals surface area contributed by atoms with Gasteiger partial charge in [-0.1, -0.05) is 19.1 Å². The van der Waals surface area contributed by atoms with Gasteiger partial charge in [-0.05, 0) is 61.3 Å². The molecule has 0 aliphatic heterocycles. The monoisotopic (exact) mass is 312 g/mol. The summed E-state index contributed by atoms with van der Waals surface area (Å²) in [5.74, 6) is 0.967. The van der Waals surface area contributed by atoms with Gasteiger partial charge in [0.1, 0.15) is 5.75 Å². The summed E-state index contributed by atoms with van der Waals surface area (Å²) in [4.78, 5) is 12.5. The summed E-state index contributed by atoms with van der Waals surface area (Å²) < 4.78 is 5.15. The number of carbonyl (C=O) groups excluding carboxylic acids is 1. The van der Waals surface area contributed by atoms with E-state index >= 15 is 0 Å². The Morgan fingerprint density at radius 2 is 1.78 bits per heavy atom. The normalized spacial score (nSPS) is 11.9. The number of Topliss-reactive ketones (excluding diaryl/α,β-unsaturated/α-hetero) is 1. The lowest BCUT2D eigenvalue weighted by molar-refractivity contribution is 0.0941. The number of hydrogen-bond donors (Lipinski definition) is 2. The van der Waals surface area contributed by atoms with Crippen LogP contribution in [0.1, 0.15) is 29.3 Å². The summed E-state index contributed by atoms with van der Waals surface area (Å²) in [6, 6.07) is 14.9. The fraction of sp³-hybridized carbons (Fsp3) is 0.316. The second-order valence-corrected chi connectivity index (χ2v) is 5.50. The largest absolute Gasteiger partial charge is 0.497 e. The molecule has 0 heterocycles. The van der Waals surface area contributed by atoms with E-state index in [9.17, 15) is 4.79 Å². The van der Waals surface area contributed by atoms with Gasteiger partial charge in [-0.25, -0.2) is 0 Å². The summed E-state index contributed by atoms with van der Waals surface area (Å²) in [6.07, 6.45) is 1.63. The number of methoxy groups -OCH3 is 1. The standard InChI is InChI=1S/C19H24N2O2/c1-3-18(19(22)15-6-8-16(20)9-7-15)21-13-12-14-4-10-17(23-2)11-5-14/h4-11,18,21H,3,12-13,20H2,1-2H3. The number of ether oxygens (including phenoxy) is 1. The zero-order valence-corrected chi connectivity index (χ0v) is 13.7. The van der Waals surface area contributed by atoms with Crippen LogP contribution in [0.3, 0.4) is 0 Å². The maximum atomic E-state index is 12.5. The molecule has 1 atom stereocenters. The number of nitrogens with two attached hydrogens (primary N) is 1. The number of ketones is 1. The molecule has 0 fully saturated rings. The molecule has 0 aromatic heterocycles. The van der Waals surface area contributed by atoms with Crippen LogP contribution in [-0.2, 0) is 6.42 Å². The molecule has 4 heteroatoms. The van der Waals surface area contributed by atoms with Crippen molar-refractivity contribution in [2.45, 2.75) is 25.8 Å². The number of carbonyl (C=O) groups is 1. The van der Waals surface area contributed by atoms with E-state index in [1.54, 1.807) is 31.4 Å². The van der Waals surface area contributed by atoms with Gasteiger partial charge in [-0.15, -0.1) is 0 Å². The highest BCUT2D eigenvalue weighted by Gasteiger charge is 2.17. The first-order valence-corrected chi connectivity index (χ1v) is 7.90. The van der Waals surface area contributed by atoms with Gasteiger partial charge in [0.2, 0.25) is 0 Å². The average Bonchev–Trinajstić information content (AvgIpc) is 2.59. The molecule has 23 heavy (non-hydrogen) atoms. The van der Waals surface area contributed by atoms with Crippen LogP contribution in [0.25, 0.3) is 0 Å². The van der Waals surface area contributed by atoms with Gasteiger partial charge < -0.3 is 15.8 Å². The minimum Gasteiger partial charge on any atom is -0.497 e. The van der Waals surface area contributed by atoms with Crippen LogP contribution in [-0.4, -0.2) is 25.5 Å². The van der Waals surface area contributed by atoms with Crippen molar-refractivity contribution in [1.29, 1.82) is 0 Å². The van der Waals surface area contributed by atoms with Crippen LogP contribution >= 0.6 is 0 Å². The van der Waals surface area contributed by atoms with Gasteiger partial charge in [0.15, 0.2) is 5.78 Å². The zero-order chi connectivity index (χ0) is 16.7. The number of benzene rings is 2. The average molecular weight is 312 g/mol. The van der Waals surface area contributed by atoms with Crippen LogP contribution < -0.4 is 15.8 Å². The Balaban J connectivity index is 1.88. The van der Waals surface area contributed by atoms with Crippen LogP contribution in [0.4, 0.5) is 5.69 Å². The van der Waals surface area contributed by atoms with Crippen LogP contribution in [0.15, 0.2) is 48.5 Å². The van der Waals surface area contributed by atoms with Gasteiger partial charge in [-0.3, -0.25) is 4.79 Å². The third-order valence-corrected chi connectivity index (χ3v) is 3.88. The highest BCUT2D eigenvalue weighted by molar-refractivity contribution is 6.00. The smallest absolute Gasteiger partial charge is 0.179 e. The Hall–Kier alpha value is -2.33. The molecule has 2 rings (SSSR count). The first-order valence-electron chi connectivity index (χ1n) is 7.90. The lowest BCUT2D eigenvalue weighted by Crippen LogP contribution is -2.37. The molecule has 0 radical (unpaired) electrons. The number of nitrogen functional groups attached to an aromatic ring is 1. The molecule has 0 bridgehead atoms. The summed E-state index contributed by atoms with van der Waals surface area (Å²) in [6.45, 7) is 2.77. The molecule has 0 saturated heterocycles. The van der Waals surface area contributed by atoms with E-state index in [2.05, 4.69) is 5.32 Å². The van der Waals surface area contributed by atoms with E-state index in [-0.39, 0.29) is 11.8 Å². The van der Waals surface area contributed by atoms with Gasteiger partial charge in [0, 0.05) is 11.3 Å². The van der Waals surface area contributed by atoms with Crippen molar-refractivity contribution in [3.63, 3.8) is 0 Å². The second-order valence-electron chi connectivity index (χ2n) is 5.50. The Labute approximate surface area is 137 Å². The molecule has 0 amide bonds. The molecule has 0 aliphatic carbocycles. The lowest BCUT2D eigenvalue weighted by atomic mass is 10.0. The molecule has 3 N–H and O–H groups in total. The molecule has 4 nitrogen and oxygen atoms in total. The molecule has 0 aliphatic rings. The zero-order valence-electron chi connectivity index (χ0n) is 13.7. The number of nitrogens with one attached hydrogen (secondary N) is 1. The number of hydrogen-bond acceptors (Lipinski definition) is 4. The van der Waals surface area contributed by atoms with Crippen molar-refractivity contribution in [3.05, 3.63) is 59.7 Å². The van der Waals surface area contributed by atoms with E-state index in [1.807, 2.05) is 31.2 Å². The van der Waals surface area contributed by atoms with Crippen LogP contribution in [0.2, 0.25) is 0 Å². The quantitative estimate of drug-likeness (QED) is 0.581. The summed E-state index contributed by atoms with van der Waals surface area (Å²) in [5, 5.41) is 3.35. The molecule has 2 aromatic carbocycles. The summed E-state index contributed by atoms with van der Waals surface area (Å²) in [5.41, 5.74) is 8.25. The minimum absolute atomic E-state index is 0.113. The third-order valence-electron chi connectivity index (χ3n) is 3.88. The van der Waals surface area contributed by atoms with E-state index in [0.29, 0.717) is 11.3 Å². The van der Waals surface area contributed by atoms with E-state index in [1.165, 1.54) is 5.56 Å². The Morgan fingerprint density at radius 3 is 2.35 bits per heavy atom. The van der Waals surface area contributed by atoms with Crippen LogP contribution in [0.5, 0.6) is 5.75 Å². The van der Waals surface area contributed by atoms with E-state index in [0.717, 1.165) is 25.1 Å². The predicted octanol–water partition coefficient (Wildman–Crippen LogP) is 3.07. The van der Waals surface area contributed by atoms with Crippen molar-refractivity contribution in [2.24, 2.45) is 0 Å². The van der Waals surface area contributed by atoms with Gasteiger partial charge in [-0.2, -0.15) is 0 Å². The van der Waals surface area contributed by atoms with Crippen LogP contribution in [0, 0.1) is 0 Å². The van der Waals surface area contributed by atoms with Crippen molar-refractivity contribution >= 4 is 11.5 Å². The van der Waals surface area contributed by atoms with E-state index in [4.69, 9.17) is 10.5 Å². The number of anilines is 1. The topological polar surface area (TPSA) is 64.3 Å². The second kappa shape index (κ2) is 8.34. The van der Waals surface area contributed by atoms with Crippen molar-refractivity contribution < 1.29 is 9.53 Å². The first-order chi connectivity index (χ1) is 11.1. The maximum absolute atomic E-state index is 12.5. The lowest BCUT2D eigenvalue weighted by Gasteiger charge is -2.16. The molecule has 122 valence electrons. The van der Waals surface area contributed by atoms with Crippen molar-refractivity contribution in [1.82, 2.24) is 5.32 Å². The Bertz CT molecular complexity index is 621. The van der Waals surface area contributed by atoms with Crippen molar-refractivity contribution in [3.8, 4) is 5.75 Å². The molecule has 0 saturated carbocycles. The summed E-state index contributed by atoms with van der Waals surface area (Å²) >= 11 is 0. The van der Waals surface area contributed by atoms with Gasteiger partial charge >= 0.3 is 0 Å². The highest BCUT2D eigenvalue weighted by atomic mass is 16.5. The predicted molar refractivity (Wildman–Crippen MR) is 94.0 cm³/mol. The van der Waals surface area contributed by atoms with Gasteiger partial charge in [0.25, 0.3) is 0 Å². The maximum Gasteiger partial charge on any atom is 0.179 e. The van der Waals surface area contributed by atoms with Crippen molar-refractivity contribution in [2.75, 3.05) is 19.4 Å².